The molecule has 8 aliphatic rings. The van der Waals surface area contributed by atoms with Crippen LogP contribution in [0.3, 0.4) is 0 Å². The van der Waals surface area contributed by atoms with E-state index in [-0.39, 0.29) is 87.4 Å². The lowest BCUT2D eigenvalue weighted by Gasteiger charge is -2.40. The van der Waals surface area contributed by atoms with Crippen molar-refractivity contribution >= 4 is 73.0 Å². The molecule has 2 heterocycles. The molecule has 6 saturated carbocycles. The van der Waals surface area contributed by atoms with Gasteiger partial charge in [-0.25, -0.2) is 26.4 Å². The van der Waals surface area contributed by atoms with Crippen LogP contribution in [0.25, 0.3) is 0 Å². The third-order valence-electron chi connectivity index (χ3n) is 24.9. The van der Waals surface area contributed by atoms with Crippen molar-refractivity contribution in [2.75, 3.05) is 24.6 Å². The van der Waals surface area contributed by atoms with E-state index in [0.717, 1.165) is 75.3 Å². The number of aliphatic hydroxyl groups excluding tert-OH is 1. The maximum atomic E-state index is 14.6. The fourth-order valence-electron chi connectivity index (χ4n) is 17.8. The van der Waals surface area contributed by atoms with Crippen molar-refractivity contribution in [3.63, 3.8) is 0 Å². The minimum atomic E-state index is -3.91. The van der Waals surface area contributed by atoms with Gasteiger partial charge >= 0.3 is 12.1 Å². The van der Waals surface area contributed by atoms with Crippen molar-refractivity contribution in [3.05, 3.63) is 120 Å². The van der Waals surface area contributed by atoms with Crippen LogP contribution in [0.15, 0.2) is 119 Å². The number of nitrogens with one attached hydrogen (secondary N) is 6. The van der Waals surface area contributed by atoms with Gasteiger partial charge in [0.2, 0.25) is 35.3 Å². The van der Waals surface area contributed by atoms with Crippen molar-refractivity contribution in [3.8, 4) is 11.5 Å². The van der Waals surface area contributed by atoms with Crippen molar-refractivity contribution < 1.29 is 74.6 Å². The Morgan fingerprint density at radius 2 is 0.902 bits per heavy atom. The predicted octanol–water partition coefficient (Wildman–Crippen LogP) is 8.35. The van der Waals surface area contributed by atoms with E-state index in [2.05, 4.69) is 45.7 Å². The molecular formula is C84H116N10O16S2. The van der Waals surface area contributed by atoms with E-state index >= 15 is 0 Å². The van der Waals surface area contributed by atoms with Gasteiger partial charge < -0.3 is 67.7 Å². The maximum Gasteiger partial charge on any atom is 0.315 e. The van der Waals surface area contributed by atoms with E-state index in [1.165, 1.54) is 34.1 Å². The van der Waals surface area contributed by atoms with Crippen LogP contribution < -0.4 is 52.8 Å². The first-order valence-corrected chi connectivity index (χ1v) is 43.1. The van der Waals surface area contributed by atoms with Crippen molar-refractivity contribution in [2.45, 2.75) is 248 Å². The molecule has 0 spiro atoms. The highest BCUT2D eigenvalue weighted by molar-refractivity contribution is 7.91. The summed E-state index contributed by atoms with van der Waals surface area (Å²) in [5.41, 5.74) is 8.48. The first-order valence-electron chi connectivity index (χ1n) is 39.8. The number of carbonyl (C=O) groups excluding carboxylic acids is 9. The summed E-state index contributed by atoms with van der Waals surface area (Å²) in [5, 5.41) is 28.1. The number of likely N-dealkylation sites (tertiary alicyclic amines) is 2. The monoisotopic (exact) mass is 1580 g/mol. The summed E-state index contributed by atoms with van der Waals surface area (Å²) in [7, 11) is -7.80. The predicted molar refractivity (Wildman–Crippen MR) is 420 cm³/mol. The van der Waals surface area contributed by atoms with Crippen molar-refractivity contribution in [1.29, 1.82) is 0 Å². The Hall–Kier alpha value is -8.63. The Bertz CT molecular complexity index is 4370. The van der Waals surface area contributed by atoms with Crippen LogP contribution in [0.2, 0.25) is 0 Å². The molecule has 4 aromatic rings. The molecule has 6 aliphatic carbocycles. The molecule has 28 heteroatoms. The average Bonchev–Trinajstić information content (AvgIpc) is 1.53. The Kier molecular flexibility index (Phi) is 25.2. The minimum absolute atomic E-state index is 0.0309. The van der Waals surface area contributed by atoms with Gasteiger partial charge in [0, 0.05) is 13.1 Å². The van der Waals surface area contributed by atoms with E-state index in [4.69, 9.17) is 20.9 Å². The fourth-order valence-corrected chi connectivity index (χ4v) is 21.5. The number of carbonyl (C=O) groups is 9. The molecule has 11 N–H and O–H groups in total. The minimum Gasteiger partial charge on any atom is -0.489 e. The Labute approximate surface area is 659 Å². The van der Waals surface area contributed by atoms with Crippen LogP contribution >= 0.6 is 0 Å². The SMILES string of the molecule is CC(C)(C)[C@H](NC(=O)NC1(CS(=O)(=O)c2cccc(OCc3ccccc3)c2)CCCCC1)C(=O)N1CC2[C@@H]([C@H]1C(=O)NC(CC1CC1)C(=O)C(N)=O)C2(C)C.CC(C)(C)[C@H](NC(=O)NC1(CS(=O)(=O)c2cccc(OCc3ccccc3)c2)CCCCC1)C(=O)N1CC2[C@@H]([C@H]1C(=O)NC(CC1CC1)C(O)C(N)=O)C2(C)C. The third-order valence-corrected chi connectivity index (χ3v) is 28.7. The molecule has 0 bridgehead atoms. The van der Waals surface area contributed by atoms with Crippen LogP contribution in [0, 0.1) is 57.2 Å². The number of urea groups is 2. The largest absolute Gasteiger partial charge is 0.489 e. The number of rotatable bonds is 30. The topological polar surface area (TPSA) is 391 Å². The highest BCUT2D eigenvalue weighted by Gasteiger charge is 2.71. The second-order valence-corrected chi connectivity index (χ2v) is 40.4. The van der Waals surface area contributed by atoms with Gasteiger partial charge in [-0.2, -0.15) is 0 Å². The number of amides is 10. The zero-order chi connectivity index (χ0) is 81.3. The first kappa shape index (κ1) is 84.3. The number of ketones is 1. The number of nitrogens with zero attached hydrogens (tertiary/aromatic N) is 2. The number of ether oxygens (including phenoxy) is 2. The molecule has 2 aliphatic heterocycles. The fraction of sp³-hybridized carbons (Fsp3) is 0.607. The van der Waals surface area contributed by atoms with Crippen LogP contribution in [-0.4, -0.2) is 163 Å². The quantitative estimate of drug-likeness (QED) is 0.0221. The summed E-state index contributed by atoms with van der Waals surface area (Å²) < 4.78 is 67.9. The highest BCUT2D eigenvalue weighted by atomic mass is 32.2. The first-order chi connectivity index (χ1) is 52.6. The number of piperidine rings is 2. The van der Waals surface area contributed by atoms with Gasteiger partial charge in [0.1, 0.15) is 48.9 Å². The molecule has 10 amide bonds. The summed E-state index contributed by atoms with van der Waals surface area (Å²) in [6, 6.07) is 24.7. The molecule has 610 valence electrons. The number of hydrogen-bond acceptors (Lipinski definition) is 16. The van der Waals surface area contributed by atoms with E-state index in [0.29, 0.717) is 56.6 Å². The highest BCUT2D eigenvalue weighted by Crippen LogP contribution is 2.66. The van der Waals surface area contributed by atoms with E-state index in [1.807, 2.05) is 116 Å². The molecule has 2 saturated heterocycles. The zero-order valence-electron chi connectivity index (χ0n) is 66.4. The number of sulfone groups is 2. The molecular weight excluding hydrogens is 1470 g/mol. The number of nitrogens with two attached hydrogens (primary N) is 2. The molecule has 5 unspecified atom stereocenters. The molecule has 0 radical (unpaired) electrons. The normalized spacial score (nSPS) is 23.8. The smallest absolute Gasteiger partial charge is 0.315 e. The molecule has 4 aromatic carbocycles. The number of primary amides is 2. The molecule has 112 heavy (non-hydrogen) atoms. The molecule has 11 atom stereocenters. The number of hydrogen-bond donors (Lipinski definition) is 9. The number of aliphatic hydroxyl groups is 1. The van der Waals surface area contributed by atoms with Crippen molar-refractivity contribution in [2.24, 2.45) is 68.6 Å². The van der Waals surface area contributed by atoms with Crippen LogP contribution in [0.5, 0.6) is 11.5 Å². The van der Waals surface area contributed by atoms with Gasteiger partial charge in [-0.15, -0.1) is 0 Å². The number of Topliss-reactive ketones (excluding diaryl/α,β-unsaturated/α-hetero) is 1. The van der Waals surface area contributed by atoms with Crippen LogP contribution in [0.1, 0.15) is 183 Å². The second kappa shape index (κ2) is 33.4. The summed E-state index contributed by atoms with van der Waals surface area (Å²) in [6.07, 6.45) is 9.33. The number of benzene rings is 4. The summed E-state index contributed by atoms with van der Waals surface area (Å²) in [4.78, 5) is 125. The van der Waals surface area contributed by atoms with Gasteiger partial charge in [0.25, 0.3) is 5.91 Å². The molecule has 0 aromatic heterocycles. The summed E-state index contributed by atoms with van der Waals surface area (Å²) >= 11 is 0. The van der Waals surface area contributed by atoms with E-state index in [1.54, 1.807) is 24.3 Å². The van der Waals surface area contributed by atoms with Crippen LogP contribution in [-0.2, 0) is 66.5 Å². The Balaban J connectivity index is 0.000000221. The summed E-state index contributed by atoms with van der Waals surface area (Å²) in [5.74, 6) is -4.32. The van der Waals surface area contributed by atoms with Gasteiger partial charge in [-0.1, -0.05) is 206 Å². The van der Waals surface area contributed by atoms with Gasteiger partial charge in [0.05, 0.1) is 44.5 Å². The van der Waals surface area contributed by atoms with Crippen LogP contribution in [0.4, 0.5) is 9.59 Å². The molecule has 8 fully saturated rings. The summed E-state index contributed by atoms with van der Waals surface area (Å²) in [6.45, 7) is 20.3. The van der Waals surface area contributed by atoms with Gasteiger partial charge in [0.15, 0.2) is 25.8 Å². The Morgan fingerprint density at radius 3 is 1.27 bits per heavy atom. The Morgan fingerprint density at radius 1 is 0.518 bits per heavy atom. The van der Waals surface area contributed by atoms with E-state index in [9.17, 15) is 65.1 Å². The van der Waals surface area contributed by atoms with Gasteiger partial charge in [-0.3, -0.25) is 33.6 Å². The average molecular weight is 1590 g/mol. The van der Waals surface area contributed by atoms with Crippen molar-refractivity contribution in [1.82, 2.24) is 41.7 Å². The molecule has 12 rings (SSSR count). The third kappa shape index (κ3) is 20.1. The second-order valence-electron chi connectivity index (χ2n) is 36.4. The maximum absolute atomic E-state index is 14.6. The lowest BCUT2D eigenvalue weighted by atomic mass is 9.83. The lowest BCUT2D eigenvalue weighted by molar-refractivity contribution is -0.145. The van der Waals surface area contributed by atoms with Gasteiger partial charge in [-0.05, 0) is 143 Å². The zero-order valence-corrected chi connectivity index (χ0v) is 68.0. The van der Waals surface area contributed by atoms with E-state index < -0.39 is 137 Å². The standard InChI is InChI=1S/C42H59N5O8S.C42H57N5O8S/c2*1-40(2,3)35(38(51)47-23-30-32(41(30,4)5)33(47)37(50)44-31(21-26-17-18-26)34(48)36(43)49)45-39(52)46-42(19-10-7-11-20-42)25-56(53,54)29-16-12-15-28(22-29)55-24-27-13-8-6-9-14-27/h6,8-9,12-16,22,26,30-35,48H,7,10-11,17-21,23-25H2,1-5H3,(H2,43,49)(H,44,50)(H2,45,46,52);6,8-9,12-16,22,26,30-33,35H,7,10-11,17-21,23-25H2,1-5H3,(H2,43,49)(H,44,50)(H2,45,46,52)/t30?,31?,32-,33-,34?,35+;30?,31?,32-,33-,35+/m00/s1. The number of fused-ring (bicyclic) bond motifs is 2. The lowest BCUT2D eigenvalue weighted by Crippen LogP contribution is -2.64. The molecule has 26 nitrogen and oxygen atoms in total.